The molecule has 17 heavy (non-hydrogen) atoms. The second-order valence-corrected chi connectivity index (χ2v) is 4.23. The lowest BCUT2D eigenvalue weighted by Crippen LogP contribution is -2.45. The van der Waals surface area contributed by atoms with Gasteiger partial charge in [0.1, 0.15) is 6.29 Å². The Morgan fingerprint density at radius 3 is 2.65 bits per heavy atom. The fourth-order valence-electron chi connectivity index (χ4n) is 1.27. The average Bonchev–Trinajstić information content (AvgIpc) is 2.36. The van der Waals surface area contributed by atoms with E-state index in [1.807, 2.05) is 0 Å². The zero-order valence-corrected chi connectivity index (χ0v) is 10.2. The molecule has 3 N–H and O–H groups in total. The van der Waals surface area contributed by atoms with E-state index >= 15 is 0 Å². The van der Waals surface area contributed by atoms with Crippen LogP contribution in [0.25, 0.3) is 0 Å². The summed E-state index contributed by atoms with van der Waals surface area (Å²) in [6, 6.07) is 5.26. The van der Waals surface area contributed by atoms with Gasteiger partial charge in [0.15, 0.2) is 1.41 Å². The van der Waals surface area contributed by atoms with Gasteiger partial charge in [0, 0.05) is 5.02 Å². The van der Waals surface area contributed by atoms with E-state index in [4.69, 9.17) is 18.7 Å². The highest BCUT2D eigenvalue weighted by molar-refractivity contribution is 6.30. The SMILES string of the molecule is [2H]N(C(=O)[C@@H](C)N)[C@@H](C=O)Cc1ccc(Cl)cc1. The summed E-state index contributed by atoms with van der Waals surface area (Å²) in [7, 11) is 0. The van der Waals surface area contributed by atoms with E-state index in [0.717, 1.165) is 5.56 Å². The first-order valence-electron chi connectivity index (χ1n) is 5.67. The van der Waals surface area contributed by atoms with Crippen molar-refractivity contribution in [1.29, 1.82) is 0 Å². The molecule has 2 atom stereocenters. The van der Waals surface area contributed by atoms with E-state index in [9.17, 15) is 9.59 Å². The highest BCUT2D eigenvalue weighted by Gasteiger charge is 2.14. The van der Waals surface area contributed by atoms with Crippen LogP contribution in [0.1, 0.15) is 12.5 Å². The quantitative estimate of drug-likeness (QED) is 0.769. The average molecular weight is 256 g/mol. The number of amides is 1. The largest absolute Gasteiger partial charge is 0.345 e. The van der Waals surface area contributed by atoms with Crippen LogP contribution >= 0.6 is 11.6 Å². The third-order valence-electron chi connectivity index (χ3n) is 2.20. The monoisotopic (exact) mass is 255 g/mol. The minimum atomic E-state index is -0.843. The van der Waals surface area contributed by atoms with Crippen LogP contribution in [0, 0.1) is 0 Å². The van der Waals surface area contributed by atoms with Crippen molar-refractivity contribution in [3.8, 4) is 0 Å². The second-order valence-electron chi connectivity index (χ2n) is 3.79. The lowest BCUT2D eigenvalue weighted by atomic mass is 10.1. The standard InChI is InChI=1S/C12H15ClN2O2/c1-8(14)12(17)15-11(7-16)6-9-2-4-10(13)5-3-9/h2-5,7-8,11H,6,14H2,1H3,(H,15,17)/t8-,11-/m1/s1/i/hD. The van der Waals surface area contributed by atoms with Crippen molar-refractivity contribution < 1.29 is 11.0 Å². The molecule has 0 unspecified atom stereocenters. The van der Waals surface area contributed by atoms with Crippen LogP contribution in [0.15, 0.2) is 24.3 Å². The Kier molecular flexibility index (Phi) is 4.53. The molecule has 92 valence electrons. The number of benzene rings is 1. The first-order chi connectivity index (χ1) is 8.45. The van der Waals surface area contributed by atoms with Crippen LogP contribution in [-0.4, -0.2) is 24.3 Å². The Balaban J connectivity index is 2.75. The van der Waals surface area contributed by atoms with Crippen LogP contribution in [0.2, 0.25) is 6.43 Å². The van der Waals surface area contributed by atoms with Crippen LogP contribution in [0.3, 0.4) is 0 Å². The highest BCUT2D eigenvalue weighted by Crippen LogP contribution is 2.10. The molecule has 0 fully saturated rings. The third kappa shape index (κ3) is 4.54. The van der Waals surface area contributed by atoms with Gasteiger partial charge in [-0.2, -0.15) is 0 Å². The van der Waals surface area contributed by atoms with Gasteiger partial charge in [0.2, 0.25) is 5.91 Å². The van der Waals surface area contributed by atoms with Crippen molar-refractivity contribution in [2.45, 2.75) is 25.4 Å². The number of aldehydes is 1. The Hall–Kier alpha value is -1.39. The van der Waals surface area contributed by atoms with Gasteiger partial charge in [-0.1, -0.05) is 23.7 Å². The molecule has 5 heteroatoms. The maximum Gasteiger partial charge on any atom is 0.237 e. The second kappa shape index (κ2) is 6.37. The number of carbonyl (C=O) groups excluding carboxylic acids is 2. The van der Waals surface area contributed by atoms with Crippen molar-refractivity contribution in [2.24, 2.45) is 5.73 Å². The lowest BCUT2D eigenvalue weighted by Gasteiger charge is -2.14. The van der Waals surface area contributed by atoms with E-state index in [-0.39, 0.29) is 6.42 Å². The maximum atomic E-state index is 11.5. The number of carbonyl (C=O) groups is 2. The molecule has 0 aliphatic rings. The molecule has 0 radical (unpaired) electrons. The summed E-state index contributed by atoms with van der Waals surface area (Å²) >= 11 is 5.75. The third-order valence-corrected chi connectivity index (χ3v) is 2.45. The van der Waals surface area contributed by atoms with Crippen molar-refractivity contribution >= 4 is 23.8 Å². The Labute approximate surface area is 107 Å². The van der Waals surface area contributed by atoms with Gasteiger partial charge >= 0.3 is 0 Å². The van der Waals surface area contributed by atoms with Crippen molar-refractivity contribution in [3.05, 3.63) is 34.9 Å². The van der Waals surface area contributed by atoms with Crippen LogP contribution in [0.5, 0.6) is 0 Å². The summed E-state index contributed by atoms with van der Waals surface area (Å²) in [4.78, 5) is 22.5. The molecule has 0 aliphatic heterocycles. The summed E-state index contributed by atoms with van der Waals surface area (Å²) in [5, 5.41) is 1.22. The first kappa shape index (κ1) is 12.1. The Morgan fingerprint density at radius 2 is 2.18 bits per heavy atom. The van der Waals surface area contributed by atoms with Gasteiger partial charge in [0.25, 0.3) is 0 Å². The van der Waals surface area contributed by atoms with Gasteiger partial charge in [-0.05, 0) is 31.0 Å². The molecule has 1 aromatic rings. The maximum absolute atomic E-state index is 11.5. The van der Waals surface area contributed by atoms with Gasteiger partial charge in [-0.3, -0.25) is 4.79 Å². The van der Waals surface area contributed by atoms with Crippen molar-refractivity contribution in [3.63, 3.8) is 0 Å². The molecule has 0 saturated heterocycles. The molecule has 1 aromatic carbocycles. The molecule has 0 aromatic heterocycles. The molecule has 0 bridgehead atoms. The minimum absolute atomic E-state index is 0.266. The molecule has 4 nitrogen and oxygen atoms in total. The van der Waals surface area contributed by atoms with Crippen LogP contribution < -0.4 is 11.0 Å². The molecular weight excluding hydrogens is 240 g/mol. The molecule has 0 aliphatic carbocycles. The number of nitrogens with one attached hydrogen (secondary N) is 1. The van der Waals surface area contributed by atoms with E-state index in [0.29, 0.717) is 16.6 Å². The normalized spacial score (nSPS) is 14.6. The molecule has 0 spiro atoms. The smallest absolute Gasteiger partial charge is 0.237 e. The Morgan fingerprint density at radius 1 is 1.59 bits per heavy atom. The molecule has 0 heterocycles. The topological polar surface area (TPSA) is 72.2 Å². The van der Waals surface area contributed by atoms with E-state index in [1.54, 1.807) is 24.3 Å². The minimum Gasteiger partial charge on any atom is -0.345 e. The summed E-state index contributed by atoms with van der Waals surface area (Å²) in [5.74, 6) is -0.582. The summed E-state index contributed by atoms with van der Waals surface area (Å²) in [6.07, 6.45) is 0.838. The molecular formula is C12H15ClN2O2. The van der Waals surface area contributed by atoms with E-state index in [1.165, 1.54) is 6.92 Å². The molecule has 1 amide bonds. The predicted octanol–water partition coefficient (Wildman–Crippen LogP) is 0.913. The first-order valence-corrected chi connectivity index (χ1v) is 5.60. The number of rotatable bonds is 5. The molecule has 1 rings (SSSR count). The fourth-order valence-corrected chi connectivity index (χ4v) is 1.39. The highest BCUT2D eigenvalue weighted by atomic mass is 35.5. The number of nitrogens with two attached hydrogens (primary N) is 1. The predicted molar refractivity (Wildman–Crippen MR) is 66.8 cm³/mol. The van der Waals surface area contributed by atoms with Gasteiger partial charge in [-0.25, -0.2) is 0 Å². The summed E-state index contributed by atoms with van der Waals surface area (Å²) < 4.78 is 7.60. The number of halogens is 1. The summed E-state index contributed by atoms with van der Waals surface area (Å²) in [6.45, 7) is 1.48. The van der Waals surface area contributed by atoms with Crippen molar-refractivity contribution in [1.82, 2.24) is 5.31 Å². The molecule has 0 saturated carbocycles. The van der Waals surface area contributed by atoms with Gasteiger partial charge < -0.3 is 15.8 Å². The lowest BCUT2D eigenvalue weighted by molar-refractivity contribution is -0.124. The van der Waals surface area contributed by atoms with E-state index in [2.05, 4.69) is 0 Å². The zero-order chi connectivity index (χ0) is 13.7. The fraction of sp³-hybridized carbons (Fsp3) is 0.333. The van der Waals surface area contributed by atoms with Gasteiger partial charge in [0.05, 0.1) is 12.1 Å². The zero-order valence-electron chi connectivity index (χ0n) is 10.5. The van der Waals surface area contributed by atoms with Gasteiger partial charge in [-0.15, -0.1) is 0 Å². The Bertz CT molecular complexity index is 423. The van der Waals surface area contributed by atoms with Crippen LogP contribution in [-0.2, 0) is 16.0 Å². The number of hydrogen-bond donors (Lipinski definition) is 2. The van der Waals surface area contributed by atoms with Crippen LogP contribution in [0.4, 0.5) is 0 Å². The van der Waals surface area contributed by atoms with Crippen molar-refractivity contribution in [2.75, 3.05) is 0 Å². The summed E-state index contributed by atoms with van der Waals surface area (Å²) in [5.41, 5.74) is 6.22. The number of hydrogen-bond acceptors (Lipinski definition) is 3. The van der Waals surface area contributed by atoms with E-state index < -0.39 is 18.0 Å².